The normalized spacial score (nSPS) is 10.4. The molecule has 0 radical (unpaired) electrons. The summed E-state index contributed by atoms with van der Waals surface area (Å²) in [6.45, 7) is 2.37. The summed E-state index contributed by atoms with van der Waals surface area (Å²) in [5.41, 5.74) is 2.53. The van der Waals surface area contributed by atoms with Crippen LogP contribution in [0.5, 0.6) is 0 Å². The maximum absolute atomic E-state index is 13.6. The lowest BCUT2D eigenvalue weighted by atomic mass is 10.1. The highest BCUT2D eigenvalue weighted by Crippen LogP contribution is 2.30. The number of hydrogen-bond donors (Lipinski definition) is 1. The molecule has 0 bridgehead atoms. The van der Waals surface area contributed by atoms with Crippen molar-refractivity contribution in [2.45, 2.75) is 13.5 Å². The van der Waals surface area contributed by atoms with Crippen molar-refractivity contribution in [3.8, 4) is 0 Å². The lowest BCUT2D eigenvalue weighted by molar-refractivity contribution is 0.612. The number of hydrogen-bond acceptors (Lipinski definition) is 1. The molecule has 0 aromatic heterocycles. The van der Waals surface area contributed by atoms with E-state index in [4.69, 9.17) is 11.6 Å². The number of rotatable bonds is 3. The molecule has 2 aromatic rings. The molecule has 4 heteroatoms. The average molecular weight is 329 g/mol. The van der Waals surface area contributed by atoms with Crippen molar-refractivity contribution in [1.29, 1.82) is 0 Å². The third-order valence-corrected chi connectivity index (χ3v) is 4.02. The van der Waals surface area contributed by atoms with Crippen LogP contribution in [0.25, 0.3) is 0 Å². The largest absolute Gasteiger partial charge is 0.380 e. The fourth-order valence-electron chi connectivity index (χ4n) is 1.67. The second kappa shape index (κ2) is 5.72. The molecule has 94 valence electrons. The van der Waals surface area contributed by atoms with Crippen LogP contribution in [0.15, 0.2) is 40.9 Å². The molecule has 2 aromatic carbocycles. The molecule has 0 saturated carbocycles. The third-order valence-electron chi connectivity index (χ3n) is 2.62. The Morgan fingerprint density at radius 1 is 1.28 bits per heavy atom. The van der Waals surface area contributed by atoms with E-state index in [1.807, 2.05) is 25.1 Å². The van der Waals surface area contributed by atoms with Gasteiger partial charge in [-0.25, -0.2) is 4.39 Å². The second-order valence-corrected chi connectivity index (χ2v) is 5.25. The number of nitrogens with one attached hydrogen (secondary N) is 1. The van der Waals surface area contributed by atoms with Crippen molar-refractivity contribution in [2.24, 2.45) is 0 Å². The van der Waals surface area contributed by atoms with Gasteiger partial charge < -0.3 is 5.32 Å². The number of anilines is 1. The molecule has 0 amide bonds. The lowest BCUT2D eigenvalue weighted by Gasteiger charge is -2.10. The number of halogens is 3. The van der Waals surface area contributed by atoms with Crippen molar-refractivity contribution in [1.82, 2.24) is 0 Å². The SMILES string of the molecule is Cc1ccc(F)c(CNc2cccc(Cl)c2Br)c1. The Hall–Kier alpha value is -1.06. The molecule has 0 spiro atoms. The van der Waals surface area contributed by atoms with Gasteiger partial charge in [0.2, 0.25) is 0 Å². The Labute approximate surface area is 119 Å². The van der Waals surface area contributed by atoms with Crippen molar-refractivity contribution < 1.29 is 4.39 Å². The average Bonchev–Trinajstić information content (AvgIpc) is 2.35. The summed E-state index contributed by atoms with van der Waals surface area (Å²) < 4.78 is 14.4. The summed E-state index contributed by atoms with van der Waals surface area (Å²) >= 11 is 9.39. The highest BCUT2D eigenvalue weighted by molar-refractivity contribution is 9.10. The fraction of sp³-hybridized carbons (Fsp3) is 0.143. The van der Waals surface area contributed by atoms with Crippen LogP contribution < -0.4 is 5.32 Å². The molecule has 2 rings (SSSR count). The van der Waals surface area contributed by atoms with Gasteiger partial charge in [-0.05, 0) is 41.1 Å². The van der Waals surface area contributed by atoms with Crippen LogP contribution in [0, 0.1) is 12.7 Å². The van der Waals surface area contributed by atoms with Crippen LogP contribution in [0.3, 0.4) is 0 Å². The molecule has 0 unspecified atom stereocenters. The Balaban J connectivity index is 2.16. The van der Waals surface area contributed by atoms with Crippen molar-refractivity contribution in [3.05, 3.63) is 62.8 Å². The van der Waals surface area contributed by atoms with Gasteiger partial charge in [-0.3, -0.25) is 0 Å². The van der Waals surface area contributed by atoms with E-state index in [1.165, 1.54) is 6.07 Å². The highest BCUT2D eigenvalue weighted by atomic mass is 79.9. The van der Waals surface area contributed by atoms with E-state index in [0.717, 1.165) is 15.7 Å². The van der Waals surface area contributed by atoms with Gasteiger partial charge >= 0.3 is 0 Å². The standard InChI is InChI=1S/C14H12BrClFN/c1-9-5-6-12(17)10(7-9)8-18-13-4-2-3-11(16)14(13)15/h2-7,18H,8H2,1H3. The van der Waals surface area contributed by atoms with Gasteiger partial charge in [-0.1, -0.05) is 35.4 Å². The molecular weight excluding hydrogens is 317 g/mol. The molecule has 0 aliphatic rings. The summed E-state index contributed by atoms with van der Waals surface area (Å²) in [6, 6.07) is 10.6. The molecule has 18 heavy (non-hydrogen) atoms. The topological polar surface area (TPSA) is 12.0 Å². The van der Waals surface area contributed by atoms with Crippen LogP contribution >= 0.6 is 27.5 Å². The third kappa shape index (κ3) is 3.03. The molecule has 0 aliphatic heterocycles. The van der Waals surface area contributed by atoms with E-state index in [9.17, 15) is 4.39 Å². The molecular formula is C14H12BrClFN. The van der Waals surface area contributed by atoms with Crippen LogP contribution in [0.4, 0.5) is 10.1 Å². The maximum Gasteiger partial charge on any atom is 0.128 e. The van der Waals surface area contributed by atoms with Crippen LogP contribution in [0.2, 0.25) is 5.02 Å². The van der Waals surface area contributed by atoms with Crippen molar-refractivity contribution in [3.63, 3.8) is 0 Å². The quantitative estimate of drug-likeness (QED) is 0.820. The second-order valence-electron chi connectivity index (χ2n) is 4.05. The molecule has 0 aliphatic carbocycles. The smallest absolute Gasteiger partial charge is 0.128 e. The van der Waals surface area contributed by atoms with Gasteiger partial charge in [-0.15, -0.1) is 0 Å². The van der Waals surface area contributed by atoms with E-state index < -0.39 is 0 Å². The Morgan fingerprint density at radius 3 is 2.83 bits per heavy atom. The number of aryl methyl sites for hydroxylation is 1. The van der Waals surface area contributed by atoms with Crippen molar-refractivity contribution >= 4 is 33.2 Å². The predicted octanol–water partition coefficient (Wildman–Crippen LogP) is 5.16. The fourth-order valence-corrected chi connectivity index (χ4v) is 2.25. The summed E-state index contributed by atoms with van der Waals surface area (Å²) in [5, 5.41) is 3.80. The minimum Gasteiger partial charge on any atom is -0.380 e. The number of benzene rings is 2. The molecule has 0 atom stereocenters. The Bertz CT molecular complexity index is 570. The first-order valence-corrected chi connectivity index (χ1v) is 6.68. The van der Waals surface area contributed by atoms with Gasteiger partial charge in [-0.2, -0.15) is 0 Å². The van der Waals surface area contributed by atoms with Crippen molar-refractivity contribution in [2.75, 3.05) is 5.32 Å². The van der Waals surface area contributed by atoms with E-state index in [1.54, 1.807) is 12.1 Å². The molecule has 1 nitrogen and oxygen atoms in total. The lowest BCUT2D eigenvalue weighted by Crippen LogP contribution is -2.02. The van der Waals surface area contributed by atoms with Crippen LogP contribution in [-0.4, -0.2) is 0 Å². The first-order chi connectivity index (χ1) is 8.58. The van der Waals surface area contributed by atoms with E-state index >= 15 is 0 Å². The zero-order valence-corrected chi connectivity index (χ0v) is 12.1. The first-order valence-electron chi connectivity index (χ1n) is 5.51. The summed E-state index contributed by atoms with van der Waals surface area (Å²) in [5.74, 6) is -0.203. The maximum atomic E-state index is 13.6. The zero-order valence-electron chi connectivity index (χ0n) is 9.81. The van der Waals surface area contributed by atoms with Gasteiger partial charge in [0, 0.05) is 12.1 Å². The zero-order chi connectivity index (χ0) is 13.1. The first kappa shape index (κ1) is 13.4. The Kier molecular flexibility index (Phi) is 4.25. The van der Waals surface area contributed by atoms with E-state index in [-0.39, 0.29) is 5.82 Å². The van der Waals surface area contributed by atoms with Crippen LogP contribution in [-0.2, 0) is 6.54 Å². The minimum absolute atomic E-state index is 0.203. The molecule has 1 N–H and O–H groups in total. The van der Waals surface area contributed by atoms with Gasteiger partial charge in [0.15, 0.2) is 0 Å². The van der Waals surface area contributed by atoms with E-state index in [0.29, 0.717) is 17.1 Å². The molecule has 0 saturated heterocycles. The molecule has 0 fully saturated rings. The van der Waals surface area contributed by atoms with E-state index in [2.05, 4.69) is 21.2 Å². The Morgan fingerprint density at radius 2 is 2.06 bits per heavy atom. The summed E-state index contributed by atoms with van der Waals surface area (Å²) in [6.07, 6.45) is 0. The monoisotopic (exact) mass is 327 g/mol. The summed E-state index contributed by atoms with van der Waals surface area (Å²) in [4.78, 5) is 0. The minimum atomic E-state index is -0.203. The van der Waals surface area contributed by atoms with Crippen LogP contribution in [0.1, 0.15) is 11.1 Å². The van der Waals surface area contributed by atoms with Gasteiger partial charge in [0.1, 0.15) is 5.82 Å². The summed E-state index contributed by atoms with van der Waals surface area (Å²) in [7, 11) is 0. The predicted molar refractivity (Wildman–Crippen MR) is 77.6 cm³/mol. The van der Waals surface area contributed by atoms with Gasteiger partial charge in [0.05, 0.1) is 15.2 Å². The highest BCUT2D eigenvalue weighted by Gasteiger charge is 2.05. The molecule has 0 heterocycles. The van der Waals surface area contributed by atoms with Gasteiger partial charge in [0.25, 0.3) is 0 Å².